The largest absolute Gasteiger partial charge is 0.416 e. The number of aliphatic hydroxyl groups excluding tert-OH is 1. The number of halogens is 3. The summed E-state index contributed by atoms with van der Waals surface area (Å²) >= 11 is 1.55. The highest BCUT2D eigenvalue weighted by molar-refractivity contribution is 7.21. The van der Waals surface area contributed by atoms with Crippen molar-refractivity contribution >= 4 is 33.3 Å². The van der Waals surface area contributed by atoms with E-state index in [2.05, 4.69) is 22.5 Å². The number of alkyl halides is 3. The quantitative estimate of drug-likeness (QED) is 0.254. The summed E-state index contributed by atoms with van der Waals surface area (Å²) in [5.74, 6) is 1.38. The lowest BCUT2D eigenvalue weighted by Gasteiger charge is -2.21. The lowest BCUT2D eigenvalue weighted by molar-refractivity contribution is -0.138. The van der Waals surface area contributed by atoms with Crippen molar-refractivity contribution in [2.24, 2.45) is 11.8 Å². The molecule has 1 aliphatic carbocycles. The number of aryl methyl sites for hydroxylation is 1. The van der Waals surface area contributed by atoms with E-state index < -0.39 is 11.7 Å². The van der Waals surface area contributed by atoms with E-state index in [0.29, 0.717) is 17.4 Å². The van der Waals surface area contributed by atoms with Gasteiger partial charge in [-0.25, -0.2) is 9.97 Å². The van der Waals surface area contributed by atoms with Gasteiger partial charge in [0, 0.05) is 19.2 Å². The zero-order chi connectivity index (χ0) is 26.2. The number of aliphatic hydroxyl groups is 1. The summed E-state index contributed by atoms with van der Waals surface area (Å²) in [5.41, 5.74) is 1.78. The molecule has 3 atom stereocenters. The van der Waals surface area contributed by atoms with E-state index in [1.807, 2.05) is 31.2 Å². The van der Waals surface area contributed by atoms with Gasteiger partial charge in [-0.05, 0) is 55.4 Å². The van der Waals surface area contributed by atoms with E-state index in [0.717, 1.165) is 39.7 Å². The van der Waals surface area contributed by atoms with Crippen molar-refractivity contribution in [3.05, 3.63) is 65.4 Å². The number of para-hydroxylation sites is 1. The fourth-order valence-electron chi connectivity index (χ4n) is 5.02. The lowest BCUT2D eigenvalue weighted by atomic mass is 10.1. The first-order valence-corrected chi connectivity index (χ1v) is 13.1. The Labute approximate surface area is 217 Å². The smallest absolute Gasteiger partial charge is 0.396 e. The molecular weight excluding hydrogens is 499 g/mol. The first kappa shape index (κ1) is 25.4. The van der Waals surface area contributed by atoms with Gasteiger partial charge >= 0.3 is 6.18 Å². The molecule has 0 spiro atoms. The molecule has 0 saturated heterocycles. The van der Waals surface area contributed by atoms with Crippen LogP contribution in [0, 0.1) is 18.8 Å². The molecule has 6 nitrogen and oxygen atoms in total. The number of hydrogen-bond acceptors (Lipinski definition) is 7. The zero-order valence-corrected chi connectivity index (χ0v) is 21.3. The number of benzene rings is 2. The van der Waals surface area contributed by atoms with Gasteiger partial charge in [-0.2, -0.15) is 18.2 Å². The van der Waals surface area contributed by atoms with E-state index in [4.69, 9.17) is 9.97 Å². The Morgan fingerprint density at radius 2 is 1.78 bits per heavy atom. The molecule has 0 radical (unpaired) electrons. The van der Waals surface area contributed by atoms with Crippen LogP contribution in [-0.4, -0.2) is 32.7 Å². The third kappa shape index (κ3) is 5.40. The molecule has 10 heteroatoms. The van der Waals surface area contributed by atoms with Crippen LogP contribution in [0.1, 0.15) is 36.6 Å². The molecule has 3 N–H and O–H groups in total. The Kier molecular flexibility index (Phi) is 7.04. The normalized spacial score (nSPS) is 19.9. The topological polar surface area (TPSA) is 83.0 Å². The third-order valence-electron chi connectivity index (χ3n) is 6.92. The third-order valence-corrected chi connectivity index (χ3v) is 7.97. The first-order valence-electron chi connectivity index (χ1n) is 12.2. The van der Waals surface area contributed by atoms with E-state index >= 15 is 0 Å². The number of hydrogen-bond donors (Lipinski definition) is 3. The minimum absolute atomic E-state index is 0.0680. The number of fused-ring (bicyclic) bond motifs is 1. The highest BCUT2D eigenvalue weighted by atomic mass is 32.1. The van der Waals surface area contributed by atoms with Crippen LogP contribution in [0.4, 0.5) is 24.9 Å². The van der Waals surface area contributed by atoms with Gasteiger partial charge < -0.3 is 15.7 Å². The minimum atomic E-state index is -4.44. The van der Waals surface area contributed by atoms with Crippen LogP contribution < -0.4 is 10.6 Å². The Morgan fingerprint density at radius 1 is 1.03 bits per heavy atom. The van der Waals surface area contributed by atoms with Crippen LogP contribution in [0.5, 0.6) is 0 Å². The van der Waals surface area contributed by atoms with Crippen LogP contribution in [0.15, 0.2) is 48.5 Å². The van der Waals surface area contributed by atoms with Crippen LogP contribution in [0.3, 0.4) is 0 Å². The molecule has 0 aliphatic heterocycles. The van der Waals surface area contributed by atoms with Crippen molar-refractivity contribution in [1.29, 1.82) is 0 Å². The SMILES string of the molecule is Cc1nc(NCc2ccccc2C(F)(F)F)nc(N[C@@H]2C[C@H](CO)C[C@H]2C)c1-c1nc2ccccc2s1. The molecule has 2 aromatic heterocycles. The van der Waals surface area contributed by atoms with Gasteiger partial charge in [-0.1, -0.05) is 37.3 Å². The summed E-state index contributed by atoms with van der Waals surface area (Å²) in [5, 5.41) is 17.0. The Morgan fingerprint density at radius 3 is 2.51 bits per heavy atom. The number of aromatic nitrogens is 3. The molecular formula is C27H28F3N5OS. The number of thiazole rings is 1. The van der Waals surface area contributed by atoms with Gasteiger partial charge in [-0.15, -0.1) is 11.3 Å². The molecule has 0 unspecified atom stereocenters. The van der Waals surface area contributed by atoms with Gasteiger partial charge in [0.1, 0.15) is 10.8 Å². The average Bonchev–Trinajstić information content (AvgIpc) is 3.45. The number of anilines is 2. The van der Waals surface area contributed by atoms with Gasteiger partial charge in [0.2, 0.25) is 5.95 Å². The molecule has 0 bridgehead atoms. The molecule has 2 aromatic carbocycles. The number of rotatable bonds is 7. The van der Waals surface area contributed by atoms with Crippen molar-refractivity contribution in [2.45, 2.75) is 45.5 Å². The molecule has 1 aliphatic rings. The summed E-state index contributed by atoms with van der Waals surface area (Å²) in [7, 11) is 0. The molecule has 37 heavy (non-hydrogen) atoms. The molecule has 1 saturated carbocycles. The average molecular weight is 528 g/mol. The Hall–Kier alpha value is -3.24. The fraction of sp³-hybridized carbons (Fsp3) is 0.370. The maximum Gasteiger partial charge on any atom is 0.416 e. The summed E-state index contributed by atoms with van der Waals surface area (Å²) in [4.78, 5) is 14.1. The van der Waals surface area contributed by atoms with Crippen molar-refractivity contribution in [1.82, 2.24) is 15.0 Å². The van der Waals surface area contributed by atoms with Gasteiger partial charge in [0.15, 0.2) is 0 Å². The molecule has 1 fully saturated rings. The van der Waals surface area contributed by atoms with Crippen LogP contribution in [0.2, 0.25) is 0 Å². The minimum Gasteiger partial charge on any atom is -0.396 e. The monoisotopic (exact) mass is 527 g/mol. The highest BCUT2D eigenvalue weighted by Crippen LogP contribution is 2.39. The van der Waals surface area contributed by atoms with E-state index in [-0.39, 0.29) is 36.6 Å². The van der Waals surface area contributed by atoms with Crippen molar-refractivity contribution in [3.8, 4) is 10.6 Å². The standard InChI is InChI=1S/C27H28F3N5OS/c1-15-11-17(14-36)12-21(15)33-24-23(25-34-20-9-5-6-10-22(20)37-25)16(2)32-26(35-24)31-13-18-7-3-4-8-19(18)27(28,29)30/h3-10,15,17,21,36H,11-14H2,1-2H3,(H2,31,32,33,35)/t15-,17-,21-/m1/s1. The van der Waals surface area contributed by atoms with Crippen LogP contribution in [0.25, 0.3) is 20.8 Å². The van der Waals surface area contributed by atoms with Crippen molar-refractivity contribution < 1.29 is 18.3 Å². The van der Waals surface area contributed by atoms with Crippen LogP contribution in [-0.2, 0) is 12.7 Å². The molecule has 194 valence electrons. The first-order chi connectivity index (χ1) is 17.7. The van der Waals surface area contributed by atoms with Crippen LogP contribution >= 0.6 is 11.3 Å². The zero-order valence-electron chi connectivity index (χ0n) is 20.5. The van der Waals surface area contributed by atoms with E-state index in [9.17, 15) is 18.3 Å². The molecule has 2 heterocycles. The lowest BCUT2D eigenvalue weighted by Crippen LogP contribution is -2.24. The van der Waals surface area contributed by atoms with Crippen molar-refractivity contribution in [2.75, 3.05) is 17.2 Å². The second-order valence-corrected chi connectivity index (χ2v) is 10.6. The summed E-state index contributed by atoms with van der Waals surface area (Å²) in [6.45, 7) is 4.08. The summed E-state index contributed by atoms with van der Waals surface area (Å²) < 4.78 is 41.4. The fourth-order valence-corrected chi connectivity index (χ4v) is 6.08. The number of nitrogens with one attached hydrogen (secondary N) is 2. The second-order valence-electron chi connectivity index (χ2n) is 9.60. The maximum atomic E-state index is 13.5. The second kappa shape index (κ2) is 10.3. The molecule has 4 aromatic rings. The predicted molar refractivity (Wildman–Crippen MR) is 141 cm³/mol. The maximum absolute atomic E-state index is 13.5. The van der Waals surface area contributed by atoms with Gasteiger partial charge in [0.25, 0.3) is 0 Å². The van der Waals surface area contributed by atoms with Gasteiger partial charge in [-0.3, -0.25) is 0 Å². The highest BCUT2D eigenvalue weighted by Gasteiger charge is 2.34. The Balaban J connectivity index is 1.50. The number of nitrogens with zero attached hydrogens (tertiary/aromatic N) is 3. The molecule has 0 amide bonds. The predicted octanol–water partition coefficient (Wildman–Crippen LogP) is 6.51. The van der Waals surface area contributed by atoms with Crippen molar-refractivity contribution in [3.63, 3.8) is 0 Å². The molecule has 5 rings (SSSR count). The summed E-state index contributed by atoms with van der Waals surface area (Å²) in [6, 6.07) is 13.5. The Bertz CT molecular complexity index is 1370. The summed E-state index contributed by atoms with van der Waals surface area (Å²) in [6.07, 6.45) is -2.73. The van der Waals surface area contributed by atoms with E-state index in [1.54, 1.807) is 17.4 Å². The van der Waals surface area contributed by atoms with E-state index in [1.165, 1.54) is 12.1 Å². The van der Waals surface area contributed by atoms with Gasteiger partial charge in [0.05, 0.1) is 27.0 Å².